The Hall–Kier alpha value is -2.33. The van der Waals surface area contributed by atoms with Crippen molar-refractivity contribution >= 4 is 5.91 Å². The Balaban J connectivity index is 1.80. The number of fused-ring (bicyclic) bond motifs is 1. The van der Waals surface area contributed by atoms with E-state index in [9.17, 15) is 9.90 Å². The number of rotatable bonds is 4. The van der Waals surface area contributed by atoms with Gasteiger partial charge in [-0.05, 0) is 41.7 Å². The van der Waals surface area contributed by atoms with Crippen molar-refractivity contribution in [2.24, 2.45) is 0 Å². The molecule has 4 heteroatoms. The van der Waals surface area contributed by atoms with Crippen molar-refractivity contribution in [2.45, 2.75) is 25.0 Å². The smallest absolute Gasteiger partial charge is 0.256 e. The van der Waals surface area contributed by atoms with E-state index in [1.165, 1.54) is 11.1 Å². The number of hydrogen-bond donors (Lipinski definition) is 1. The number of likely N-dealkylation sites (N-methyl/N-ethyl adjacent to an activating group) is 1. The lowest BCUT2D eigenvalue weighted by atomic mass is 10.0. The van der Waals surface area contributed by atoms with Gasteiger partial charge in [-0.1, -0.05) is 36.4 Å². The highest BCUT2D eigenvalue weighted by molar-refractivity contribution is 5.82. The van der Waals surface area contributed by atoms with Crippen LogP contribution in [0.4, 0.5) is 0 Å². The van der Waals surface area contributed by atoms with Gasteiger partial charge in [-0.15, -0.1) is 0 Å². The van der Waals surface area contributed by atoms with E-state index in [-0.39, 0.29) is 11.9 Å². The van der Waals surface area contributed by atoms with Crippen molar-refractivity contribution in [3.8, 4) is 5.75 Å². The van der Waals surface area contributed by atoms with Crippen LogP contribution in [0.1, 0.15) is 35.3 Å². The molecule has 4 nitrogen and oxygen atoms in total. The summed E-state index contributed by atoms with van der Waals surface area (Å²) < 4.78 is 5.16. The summed E-state index contributed by atoms with van der Waals surface area (Å²) in [6, 6.07) is 15.2. The molecule has 0 spiro atoms. The minimum Gasteiger partial charge on any atom is -0.497 e. The fraction of sp³-hybridized carbons (Fsp3) is 0.316. The summed E-state index contributed by atoms with van der Waals surface area (Å²) in [7, 11) is 3.33. The third-order valence-electron chi connectivity index (χ3n) is 4.56. The Bertz CT molecular complexity index is 713. The quantitative estimate of drug-likeness (QED) is 0.944. The minimum atomic E-state index is -1.18. The van der Waals surface area contributed by atoms with Crippen LogP contribution in [-0.2, 0) is 11.2 Å². The SMILES string of the molecule is COc1cccc(C(O)C(=O)N(C)C2CCc3ccccc32)c1. The van der Waals surface area contributed by atoms with Crippen LogP contribution in [0, 0.1) is 0 Å². The van der Waals surface area contributed by atoms with E-state index in [0.717, 1.165) is 12.8 Å². The van der Waals surface area contributed by atoms with Gasteiger partial charge in [-0.3, -0.25) is 4.79 Å². The molecule has 0 saturated carbocycles. The van der Waals surface area contributed by atoms with Crippen molar-refractivity contribution in [1.82, 2.24) is 4.90 Å². The number of hydrogen-bond acceptors (Lipinski definition) is 3. The molecular formula is C19H21NO3. The molecule has 1 aliphatic carbocycles. The van der Waals surface area contributed by atoms with E-state index < -0.39 is 6.10 Å². The summed E-state index contributed by atoms with van der Waals surface area (Å²) in [6.45, 7) is 0. The van der Waals surface area contributed by atoms with Gasteiger partial charge in [0.2, 0.25) is 0 Å². The third-order valence-corrected chi connectivity index (χ3v) is 4.56. The lowest BCUT2D eigenvalue weighted by molar-refractivity contribution is -0.141. The Labute approximate surface area is 136 Å². The number of aliphatic hydroxyl groups excluding tert-OH is 1. The number of amides is 1. The number of aliphatic hydroxyl groups is 1. The molecular weight excluding hydrogens is 290 g/mol. The first-order chi connectivity index (χ1) is 11.1. The highest BCUT2D eigenvalue weighted by Crippen LogP contribution is 2.36. The molecule has 1 N–H and O–H groups in total. The summed E-state index contributed by atoms with van der Waals surface area (Å²) in [5.74, 6) is 0.336. The maximum Gasteiger partial charge on any atom is 0.256 e. The van der Waals surface area contributed by atoms with Crippen LogP contribution >= 0.6 is 0 Å². The lowest BCUT2D eigenvalue weighted by Crippen LogP contribution is -2.34. The molecule has 120 valence electrons. The molecule has 2 aromatic carbocycles. The second-order valence-electron chi connectivity index (χ2n) is 5.88. The Kier molecular flexibility index (Phi) is 4.35. The zero-order valence-electron chi connectivity index (χ0n) is 13.4. The highest BCUT2D eigenvalue weighted by atomic mass is 16.5. The molecule has 1 aliphatic rings. The molecule has 3 rings (SSSR count). The maximum atomic E-state index is 12.7. The molecule has 0 heterocycles. The number of aryl methyl sites for hydroxylation is 1. The maximum absolute atomic E-state index is 12.7. The monoisotopic (exact) mass is 311 g/mol. The summed E-state index contributed by atoms with van der Waals surface area (Å²) in [5, 5.41) is 10.4. The Morgan fingerprint density at radius 1 is 1.26 bits per heavy atom. The summed E-state index contributed by atoms with van der Waals surface area (Å²) >= 11 is 0. The largest absolute Gasteiger partial charge is 0.497 e. The van der Waals surface area contributed by atoms with Crippen molar-refractivity contribution in [1.29, 1.82) is 0 Å². The zero-order valence-corrected chi connectivity index (χ0v) is 13.4. The Morgan fingerprint density at radius 3 is 2.83 bits per heavy atom. The molecule has 0 bridgehead atoms. The molecule has 2 aromatic rings. The molecule has 0 aromatic heterocycles. The van der Waals surface area contributed by atoms with Gasteiger partial charge in [0.25, 0.3) is 5.91 Å². The van der Waals surface area contributed by atoms with Crippen LogP contribution < -0.4 is 4.74 Å². The van der Waals surface area contributed by atoms with Gasteiger partial charge in [0.15, 0.2) is 6.10 Å². The molecule has 0 saturated heterocycles. The number of carbonyl (C=O) groups is 1. The normalized spacial score (nSPS) is 17.4. The molecule has 1 amide bonds. The van der Waals surface area contributed by atoms with E-state index in [1.807, 2.05) is 12.1 Å². The van der Waals surface area contributed by atoms with Crippen LogP contribution in [0.5, 0.6) is 5.75 Å². The number of carbonyl (C=O) groups excluding carboxylic acids is 1. The minimum absolute atomic E-state index is 0.0268. The van der Waals surface area contributed by atoms with Crippen LogP contribution in [0.15, 0.2) is 48.5 Å². The lowest BCUT2D eigenvalue weighted by Gasteiger charge is -2.27. The molecule has 0 fully saturated rings. The summed E-state index contributed by atoms with van der Waals surface area (Å²) in [5.41, 5.74) is 3.02. The standard InChI is InChI=1S/C19H21NO3/c1-20(17-11-10-13-6-3-4-9-16(13)17)19(22)18(21)14-7-5-8-15(12-14)23-2/h3-9,12,17-18,21H,10-11H2,1-2H3. The Morgan fingerprint density at radius 2 is 2.04 bits per heavy atom. The predicted molar refractivity (Wildman–Crippen MR) is 88.2 cm³/mol. The van der Waals surface area contributed by atoms with E-state index >= 15 is 0 Å². The molecule has 0 radical (unpaired) electrons. The van der Waals surface area contributed by atoms with Gasteiger partial charge in [-0.2, -0.15) is 0 Å². The number of benzene rings is 2. The zero-order chi connectivity index (χ0) is 16.4. The fourth-order valence-electron chi connectivity index (χ4n) is 3.24. The second-order valence-corrected chi connectivity index (χ2v) is 5.88. The van der Waals surface area contributed by atoms with Crippen molar-refractivity contribution < 1.29 is 14.6 Å². The van der Waals surface area contributed by atoms with Gasteiger partial charge in [0.05, 0.1) is 13.2 Å². The van der Waals surface area contributed by atoms with Gasteiger partial charge in [0, 0.05) is 7.05 Å². The average Bonchev–Trinajstić information content (AvgIpc) is 3.04. The van der Waals surface area contributed by atoms with Gasteiger partial charge < -0.3 is 14.7 Å². The number of methoxy groups -OCH3 is 1. The van der Waals surface area contributed by atoms with E-state index in [4.69, 9.17) is 4.74 Å². The van der Waals surface area contributed by atoms with E-state index in [0.29, 0.717) is 11.3 Å². The van der Waals surface area contributed by atoms with Crippen LogP contribution in [-0.4, -0.2) is 30.1 Å². The van der Waals surface area contributed by atoms with Gasteiger partial charge >= 0.3 is 0 Å². The molecule has 0 aliphatic heterocycles. The summed E-state index contributed by atoms with van der Waals surface area (Å²) in [4.78, 5) is 14.3. The van der Waals surface area contributed by atoms with Crippen LogP contribution in [0.25, 0.3) is 0 Å². The van der Waals surface area contributed by atoms with Gasteiger partial charge in [0.1, 0.15) is 5.75 Å². The fourth-order valence-corrected chi connectivity index (χ4v) is 3.24. The van der Waals surface area contributed by atoms with Crippen molar-refractivity contribution in [3.63, 3.8) is 0 Å². The molecule has 2 unspecified atom stereocenters. The highest BCUT2D eigenvalue weighted by Gasteiger charge is 2.31. The molecule has 2 atom stereocenters. The average molecular weight is 311 g/mol. The van der Waals surface area contributed by atoms with Crippen molar-refractivity contribution in [3.05, 3.63) is 65.2 Å². The first kappa shape index (κ1) is 15.6. The van der Waals surface area contributed by atoms with E-state index in [1.54, 1.807) is 43.3 Å². The number of ether oxygens (including phenoxy) is 1. The van der Waals surface area contributed by atoms with E-state index in [2.05, 4.69) is 12.1 Å². The summed E-state index contributed by atoms with van der Waals surface area (Å²) in [6.07, 6.45) is 0.683. The van der Waals surface area contributed by atoms with Crippen LogP contribution in [0.3, 0.4) is 0 Å². The molecule has 23 heavy (non-hydrogen) atoms. The van der Waals surface area contributed by atoms with Gasteiger partial charge in [-0.25, -0.2) is 0 Å². The number of nitrogens with zero attached hydrogens (tertiary/aromatic N) is 1. The first-order valence-corrected chi connectivity index (χ1v) is 7.78. The predicted octanol–water partition coefficient (Wildman–Crippen LogP) is 2.87. The second kappa shape index (κ2) is 6.42. The van der Waals surface area contributed by atoms with Crippen molar-refractivity contribution in [2.75, 3.05) is 14.2 Å². The van der Waals surface area contributed by atoms with Crippen LogP contribution in [0.2, 0.25) is 0 Å². The topological polar surface area (TPSA) is 49.8 Å². The third kappa shape index (κ3) is 2.94. The first-order valence-electron chi connectivity index (χ1n) is 7.78.